The maximum atomic E-state index is 2.75. The van der Waals surface area contributed by atoms with E-state index >= 15 is 0 Å². The van der Waals surface area contributed by atoms with Crippen molar-refractivity contribution >= 4 is 14.0 Å². The summed E-state index contributed by atoms with van der Waals surface area (Å²) in [5, 5.41) is 1.97. The molecule has 35 heavy (non-hydrogen) atoms. The Labute approximate surface area is 237 Å². The fraction of sp³-hybridized carbons (Fsp3) is 0.613. The fourth-order valence-electron chi connectivity index (χ4n) is 6.88. The molecule has 0 radical (unpaired) electrons. The van der Waals surface area contributed by atoms with E-state index in [0.29, 0.717) is 0 Å². The van der Waals surface area contributed by atoms with Gasteiger partial charge in [0.25, 0.3) is 0 Å². The monoisotopic (exact) mass is 564 g/mol. The Bertz CT molecular complexity index is 904. The molecule has 0 amide bonds. The minimum absolute atomic E-state index is 0. The van der Waals surface area contributed by atoms with Crippen molar-refractivity contribution in [2.45, 2.75) is 119 Å². The predicted molar refractivity (Wildman–Crippen MR) is 143 cm³/mol. The fourth-order valence-corrected chi connectivity index (χ4v) is 14.5. The van der Waals surface area contributed by atoms with Gasteiger partial charge < -0.3 is 24.8 Å². The van der Waals surface area contributed by atoms with E-state index in [1.165, 1.54) is 89.9 Å². The van der Waals surface area contributed by atoms with Crippen LogP contribution in [0, 0.1) is 0 Å². The van der Waals surface area contributed by atoms with Crippen LogP contribution in [-0.4, -0.2) is 11.3 Å². The molecule has 4 heteroatoms. The van der Waals surface area contributed by atoms with Gasteiger partial charge in [-0.1, -0.05) is 0 Å². The van der Waals surface area contributed by atoms with Gasteiger partial charge in [0.15, 0.2) is 0 Å². The van der Waals surface area contributed by atoms with Crippen molar-refractivity contribution < 1.29 is 44.0 Å². The van der Waals surface area contributed by atoms with E-state index in [2.05, 4.69) is 50.3 Å². The average Bonchev–Trinajstić information content (AvgIpc) is 3.39. The molecule has 1 atom stereocenters. The molecule has 0 bridgehead atoms. The molecule has 0 N–H and O–H groups in total. The molecule has 0 spiro atoms. The zero-order chi connectivity index (χ0) is 22.6. The number of rotatable bonds is 8. The second kappa shape index (κ2) is 14.4. The first-order valence-electron chi connectivity index (χ1n) is 14.0. The van der Waals surface area contributed by atoms with Crippen LogP contribution in [0.1, 0.15) is 119 Å². The average molecular weight is 565 g/mol. The Balaban J connectivity index is 0.00000171. The van der Waals surface area contributed by atoms with Crippen LogP contribution in [0.5, 0.6) is 0 Å². The second-order valence-electron chi connectivity index (χ2n) is 10.9. The van der Waals surface area contributed by atoms with E-state index in [1.807, 2.05) is 9.19 Å². The molecule has 1 aromatic carbocycles. The minimum Gasteiger partial charge on any atom is -1.00 e. The number of hydrogen-bond donors (Lipinski definition) is 0. The Kier molecular flexibility index (Phi) is 12.2. The number of benzene rings is 1. The van der Waals surface area contributed by atoms with Gasteiger partial charge in [-0.3, -0.25) is 0 Å². The van der Waals surface area contributed by atoms with Gasteiger partial charge in [-0.25, -0.2) is 0 Å². The van der Waals surface area contributed by atoms with Crippen molar-refractivity contribution in [3.8, 4) is 0 Å². The van der Waals surface area contributed by atoms with E-state index < -0.39 is 0 Å². The summed E-state index contributed by atoms with van der Waals surface area (Å²) in [6, 6.07) is 9.54. The molecule has 1 aromatic rings. The van der Waals surface area contributed by atoms with Gasteiger partial charge in [0, 0.05) is 0 Å². The summed E-state index contributed by atoms with van der Waals surface area (Å²) in [6.45, 7) is 4.74. The van der Waals surface area contributed by atoms with Gasteiger partial charge in [0.2, 0.25) is 0 Å². The summed E-state index contributed by atoms with van der Waals surface area (Å²) in [5.74, 6) is 0. The first-order chi connectivity index (χ1) is 16.3. The van der Waals surface area contributed by atoms with Crippen LogP contribution < -0.4 is 24.8 Å². The van der Waals surface area contributed by atoms with Crippen molar-refractivity contribution in [2.24, 2.45) is 0 Å². The molecular weight excluding hydrogens is 522 g/mol. The molecule has 4 aliphatic carbocycles. The quantitative estimate of drug-likeness (QED) is 0.329. The van der Waals surface area contributed by atoms with Crippen molar-refractivity contribution in [1.82, 2.24) is 0 Å². The Morgan fingerprint density at radius 3 is 2.14 bits per heavy atom. The van der Waals surface area contributed by atoms with E-state index in [1.54, 1.807) is 22.3 Å². The maximum absolute atomic E-state index is 2.75. The van der Waals surface area contributed by atoms with Crippen LogP contribution in [0.3, 0.4) is 0 Å². The van der Waals surface area contributed by atoms with E-state index in [0.717, 1.165) is 15.5 Å². The van der Waals surface area contributed by atoms with Crippen molar-refractivity contribution in [2.75, 3.05) is 0 Å². The summed E-state index contributed by atoms with van der Waals surface area (Å²) in [7, 11) is 0.0125. The molecule has 190 valence electrons. The molecule has 2 saturated carbocycles. The predicted octanol–water partition coefficient (Wildman–Crippen LogP) is 4.11. The number of fused-ring (bicyclic) bond motifs is 1. The van der Waals surface area contributed by atoms with E-state index in [4.69, 9.17) is 0 Å². The molecule has 0 heterocycles. The number of halogens is 2. The van der Waals surface area contributed by atoms with Crippen molar-refractivity contribution in [1.29, 1.82) is 0 Å². The molecule has 1 unspecified atom stereocenters. The number of hydrogen-bond acceptors (Lipinski definition) is 0. The first kappa shape index (κ1) is 29.7. The molecule has 0 nitrogen and oxygen atoms in total. The Morgan fingerprint density at radius 2 is 1.51 bits per heavy atom. The number of allylic oxidation sites excluding steroid dienone is 5. The molecule has 0 saturated heterocycles. The SMILES string of the molecule is CCCCC1=[C]([Ti+2][CH]2C(P(C3CCCCC3)C3CCCCC3)=Cc3ccccc32)CC=C1C.[Cl-].[Cl-]. The van der Waals surface area contributed by atoms with Gasteiger partial charge in [-0.15, -0.1) is 0 Å². The third kappa shape index (κ3) is 6.79. The maximum Gasteiger partial charge on any atom is -1.00 e. The topological polar surface area (TPSA) is 0 Å². The summed E-state index contributed by atoms with van der Waals surface area (Å²) >= 11 is -0.175. The molecule has 5 rings (SSSR count). The third-order valence-electron chi connectivity index (χ3n) is 8.69. The first-order valence-corrected chi connectivity index (χ1v) is 17.2. The summed E-state index contributed by atoms with van der Waals surface area (Å²) < 4.78 is 2.68. The third-order valence-corrected chi connectivity index (χ3v) is 15.4. The summed E-state index contributed by atoms with van der Waals surface area (Å²) in [4.78, 5) is 0. The summed E-state index contributed by atoms with van der Waals surface area (Å²) in [6.07, 6.45) is 25.6. The van der Waals surface area contributed by atoms with Crippen LogP contribution in [0.15, 0.2) is 50.7 Å². The van der Waals surface area contributed by atoms with Crippen LogP contribution in [0.4, 0.5) is 0 Å². The van der Waals surface area contributed by atoms with E-state index in [-0.39, 0.29) is 51.9 Å². The van der Waals surface area contributed by atoms with Gasteiger partial charge in [-0.05, 0) is 0 Å². The minimum atomic E-state index is -0.175. The normalized spacial score (nSPS) is 22.8. The zero-order valence-electron chi connectivity index (χ0n) is 21.8. The number of unbranched alkanes of at least 4 members (excludes halogenated alkanes) is 1. The van der Waals surface area contributed by atoms with Crippen LogP contribution in [0.2, 0.25) is 0 Å². The molecule has 0 aliphatic heterocycles. The van der Waals surface area contributed by atoms with Gasteiger partial charge in [0.1, 0.15) is 0 Å². The largest absolute Gasteiger partial charge is 1.00 e. The Hall–Kier alpha value is 0.164. The van der Waals surface area contributed by atoms with Crippen LogP contribution in [-0.2, 0) is 19.2 Å². The Morgan fingerprint density at radius 1 is 0.886 bits per heavy atom. The van der Waals surface area contributed by atoms with E-state index in [9.17, 15) is 0 Å². The van der Waals surface area contributed by atoms with Gasteiger partial charge in [0.05, 0.1) is 0 Å². The molecular formula is C31H43Cl2PTi. The van der Waals surface area contributed by atoms with Crippen LogP contribution in [0.25, 0.3) is 6.08 Å². The molecule has 2 fully saturated rings. The zero-order valence-corrected chi connectivity index (χ0v) is 25.8. The second-order valence-corrected chi connectivity index (χ2v) is 16.0. The van der Waals surface area contributed by atoms with Gasteiger partial charge >= 0.3 is 214 Å². The van der Waals surface area contributed by atoms with Gasteiger partial charge in [-0.2, -0.15) is 0 Å². The van der Waals surface area contributed by atoms with Crippen molar-refractivity contribution in [3.63, 3.8) is 0 Å². The molecule has 0 aromatic heterocycles. The summed E-state index contributed by atoms with van der Waals surface area (Å²) in [5.41, 5.74) is 8.71. The van der Waals surface area contributed by atoms with Crippen LogP contribution >= 0.6 is 7.92 Å². The van der Waals surface area contributed by atoms with Crippen molar-refractivity contribution in [3.05, 3.63) is 61.8 Å². The standard InChI is InChI=1S/C21H28P.C10H15.2ClH.Ti/c1-3-11-19(12-4-1)22(20-13-5-2-6-14-20)21-15-17-9-7-8-10-18(17)16-21;1-3-4-7-10-8-5-6-9(10)2;;;/h7-10,15-16,19-20H,1-6,11-14H2;6H,3-5,7H2,1-2H3;2*1H;/q;;;;+2/p-2. The smallest absolute Gasteiger partial charge is 1.00 e. The molecule has 4 aliphatic rings.